The summed E-state index contributed by atoms with van der Waals surface area (Å²) >= 11 is 0. The summed E-state index contributed by atoms with van der Waals surface area (Å²) in [5, 5.41) is 26.1. The predicted molar refractivity (Wildman–Crippen MR) is 139 cm³/mol. The summed E-state index contributed by atoms with van der Waals surface area (Å²) in [6, 6.07) is 3.43. The molecule has 0 fully saturated rings. The minimum absolute atomic E-state index is 0.0539. The summed E-state index contributed by atoms with van der Waals surface area (Å²) < 4.78 is 0. The molecule has 4 atom stereocenters. The Morgan fingerprint density at radius 2 is 1.51 bits per heavy atom. The number of carboxylic acid groups (broad SMARTS) is 2. The molecule has 0 bridgehead atoms. The first kappa shape index (κ1) is 30.9. The van der Waals surface area contributed by atoms with Crippen LogP contribution in [0.3, 0.4) is 0 Å². The Bertz CT molecular complexity index is 1100. The van der Waals surface area contributed by atoms with Crippen molar-refractivity contribution in [3.05, 3.63) is 54.1 Å². The second-order valence-corrected chi connectivity index (χ2v) is 8.98. The van der Waals surface area contributed by atoms with E-state index in [1.807, 2.05) is 0 Å². The van der Waals surface area contributed by atoms with Crippen molar-refractivity contribution < 1.29 is 34.2 Å². The number of aromatic amines is 1. The predicted octanol–water partition coefficient (Wildman–Crippen LogP) is -1.34. The van der Waals surface area contributed by atoms with Crippen LogP contribution in [0.15, 0.2) is 42.9 Å². The number of nitrogens with one attached hydrogen (secondary N) is 4. The number of nitrogens with two attached hydrogens (primary N) is 2. The highest BCUT2D eigenvalue weighted by Crippen LogP contribution is 2.07. The van der Waals surface area contributed by atoms with E-state index in [0.29, 0.717) is 30.6 Å². The summed E-state index contributed by atoms with van der Waals surface area (Å²) in [6.45, 7) is 0.351. The third-order valence-electron chi connectivity index (χ3n) is 5.82. The standard InChI is InChI=1S/C25H35N7O7/c26-9-5-4-8-18(30-22(35)17(27)11-16-13-28-14-29-16)23(36)31-19(12-21(33)34)24(37)32-20(25(38)39)10-15-6-2-1-3-7-15/h1-3,6-7,13-14,17-20H,4-5,8-12,26-27H2,(H,28,29)(H,30,35)(H,31,36)(H,32,37)(H,33,34)(H,38,39). The second kappa shape index (κ2) is 15.8. The highest BCUT2D eigenvalue weighted by atomic mass is 16.4. The summed E-state index contributed by atoms with van der Waals surface area (Å²) in [5.41, 5.74) is 12.7. The lowest BCUT2D eigenvalue weighted by Gasteiger charge is -2.24. The Hall–Kier alpha value is -4.30. The fourth-order valence-corrected chi connectivity index (χ4v) is 3.74. The Labute approximate surface area is 224 Å². The number of hydrogen-bond acceptors (Lipinski definition) is 8. The zero-order valence-corrected chi connectivity index (χ0v) is 21.3. The fourth-order valence-electron chi connectivity index (χ4n) is 3.74. The van der Waals surface area contributed by atoms with Crippen LogP contribution < -0.4 is 27.4 Å². The maximum atomic E-state index is 13.1. The lowest BCUT2D eigenvalue weighted by atomic mass is 10.0. The van der Waals surface area contributed by atoms with Gasteiger partial charge in [0.1, 0.15) is 18.1 Å². The summed E-state index contributed by atoms with van der Waals surface area (Å²) in [4.78, 5) is 68.6. The van der Waals surface area contributed by atoms with Gasteiger partial charge in [0.05, 0.1) is 18.8 Å². The number of unbranched alkanes of at least 4 members (excludes halogenated alkanes) is 1. The topological polar surface area (TPSA) is 243 Å². The zero-order valence-electron chi connectivity index (χ0n) is 21.3. The third-order valence-corrected chi connectivity index (χ3v) is 5.82. The molecule has 1 aromatic carbocycles. The molecule has 0 aliphatic heterocycles. The van der Waals surface area contributed by atoms with Gasteiger partial charge in [-0.2, -0.15) is 0 Å². The summed E-state index contributed by atoms with van der Waals surface area (Å²) in [5.74, 6) is -5.16. The van der Waals surface area contributed by atoms with Crippen molar-refractivity contribution in [1.82, 2.24) is 25.9 Å². The van der Waals surface area contributed by atoms with Gasteiger partial charge in [-0.25, -0.2) is 9.78 Å². The van der Waals surface area contributed by atoms with Gasteiger partial charge in [-0.15, -0.1) is 0 Å². The third kappa shape index (κ3) is 10.9. The van der Waals surface area contributed by atoms with Crippen molar-refractivity contribution in [3.63, 3.8) is 0 Å². The van der Waals surface area contributed by atoms with Gasteiger partial charge >= 0.3 is 11.9 Å². The van der Waals surface area contributed by atoms with Crippen LogP contribution in [0.1, 0.15) is 36.9 Å². The Morgan fingerprint density at radius 1 is 0.872 bits per heavy atom. The molecule has 212 valence electrons. The number of aromatic nitrogens is 2. The second-order valence-electron chi connectivity index (χ2n) is 8.98. The number of amides is 3. The molecule has 0 saturated carbocycles. The summed E-state index contributed by atoms with van der Waals surface area (Å²) in [6.07, 6.45) is 3.38. The maximum absolute atomic E-state index is 13.1. The first-order chi connectivity index (χ1) is 18.6. The van der Waals surface area contributed by atoms with Crippen molar-refractivity contribution in [2.75, 3.05) is 6.54 Å². The average Bonchev–Trinajstić information content (AvgIpc) is 3.40. The van der Waals surface area contributed by atoms with Gasteiger partial charge in [0, 0.05) is 24.7 Å². The van der Waals surface area contributed by atoms with Gasteiger partial charge in [0.2, 0.25) is 17.7 Å². The van der Waals surface area contributed by atoms with Gasteiger partial charge in [-0.1, -0.05) is 30.3 Å². The molecule has 0 spiro atoms. The minimum Gasteiger partial charge on any atom is -0.481 e. The van der Waals surface area contributed by atoms with E-state index >= 15 is 0 Å². The first-order valence-electron chi connectivity index (χ1n) is 12.4. The number of nitrogens with zero attached hydrogens (tertiary/aromatic N) is 1. The molecule has 10 N–H and O–H groups in total. The quantitative estimate of drug-likeness (QED) is 0.109. The number of carbonyl (C=O) groups excluding carboxylic acids is 3. The monoisotopic (exact) mass is 545 g/mol. The molecule has 14 heteroatoms. The van der Waals surface area contributed by atoms with Crippen LogP contribution in [0.2, 0.25) is 0 Å². The molecule has 39 heavy (non-hydrogen) atoms. The van der Waals surface area contributed by atoms with Crippen LogP contribution in [0.4, 0.5) is 0 Å². The van der Waals surface area contributed by atoms with E-state index in [1.165, 1.54) is 12.5 Å². The number of carbonyl (C=O) groups is 5. The number of hydrogen-bond donors (Lipinski definition) is 8. The molecule has 14 nitrogen and oxygen atoms in total. The number of carboxylic acids is 2. The Morgan fingerprint density at radius 3 is 2.10 bits per heavy atom. The molecule has 4 unspecified atom stereocenters. The molecule has 1 heterocycles. The van der Waals surface area contributed by atoms with Gasteiger partial charge in [0.25, 0.3) is 0 Å². The normalized spacial score (nSPS) is 13.9. The molecule has 0 saturated heterocycles. The van der Waals surface area contributed by atoms with Crippen LogP contribution >= 0.6 is 0 Å². The van der Waals surface area contributed by atoms with Gasteiger partial charge in [-0.3, -0.25) is 19.2 Å². The van der Waals surface area contributed by atoms with Crippen molar-refractivity contribution in [1.29, 1.82) is 0 Å². The lowest BCUT2D eigenvalue weighted by molar-refractivity contribution is -0.143. The number of rotatable bonds is 17. The molecular weight excluding hydrogens is 510 g/mol. The molecule has 2 aromatic rings. The van der Waals surface area contributed by atoms with Crippen molar-refractivity contribution >= 4 is 29.7 Å². The maximum Gasteiger partial charge on any atom is 0.326 e. The number of H-pyrrole nitrogens is 1. The smallest absolute Gasteiger partial charge is 0.326 e. The van der Waals surface area contributed by atoms with Crippen LogP contribution in [0.5, 0.6) is 0 Å². The van der Waals surface area contributed by atoms with E-state index < -0.39 is 60.2 Å². The molecule has 0 radical (unpaired) electrons. The zero-order chi connectivity index (χ0) is 28.8. The van der Waals surface area contributed by atoms with Crippen molar-refractivity contribution in [3.8, 4) is 0 Å². The van der Waals surface area contributed by atoms with E-state index in [9.17, 15) is 34.2 Å². The average molecular weight is 546 g/mol. The molecule has 0 aliphatic rings. The SMILES string of the molecule is NCCCCC(NC(=O)C(N)Cc1cnc[nH]1)C(=O)NC(CC(=O)O)C(=O)NC(Cc1ccccc1)C(=O)O. The van der Waals surface area contributed by atoms with E-state index in [0.717, 1.165) is 0 Å². The molecule has 1 aromatic heterocycles. The minimum atomic E-state index is -1.60. The molecular formula is C25H35N7O7. The van der Waals surface area contributed by atoms with Crippen LogP contribution in [0, 0.1) is 0 Å². The van der Waals surface area contributed by atoms with Crippen LogP contribution in [0.25, 0.3) is 0 Å². The number of aliphatic carboxylic acids is 2. The molecule has 0 aliphatic carbocycles. The Kier molecular flexibility index (Phi) is 12.6. The fraction of sp³-hybridized carbons (Fsp3) is 0.440. The highest BCUT2D eigenvalue weighted by Gasteiger charge is 2.31. The van der Waals surface area contributed by atoms with Gasteiger partial charge in [0.15, 0.2) is 0 Å². The van der Waals surface area contributed by atoms with E-state index in [-0.39, 0.29) is 19.3 Å². The van der Waals surface area contributed by atoms with Gasteiger partial charge < -0.3 is 42.6 Å². The van der Waals surface area contributed by atoms with Crippen LogP contribution in [-0.2, 0) is 36.8 Å². The van der Waals surface area contributed by atoms with E-state index in [1.54, 1.807) is 30.3 Å². The lowest BCUT2D eigenvalue weighted by Crippen LogP contribution is -2.57. The van der Waals surface area contributed by atoms with Crippen LogP contribution in [-0.4, -0.2) is 80.6 Å². The first-order valence-corrected chi connectivity index (χ1v) is 12.4. The number of benzene rings is 1. The highest BCUT2D eigenvalue weighted by molar-refractivity contribution is 5.95. The summed E-state index contributed by atoms with van der Waals surface area (Å²) in [7, 11) is 0. The number of imidazole rings is 1. The molecule has 2 rings (SSSR count). The molecule has 3 amide bonds. The van der Waals surface area contributed by atoms with Crippen molar-refractivity contribution in [2.45, 2.75) is 62.7 Å². The van der Waals surface area contributed by atoms with Crippen molar-refractivity contribution in [2.24, 2.45) is 11.5 Å². The largest absolute Gasteiger partial charge is 0.481 e. The van der Waals surface area contributed by atoms with Gasteiger partial charge in [-0.05, 0) is 31.4 Å². The van der Waals surface area contributed by atoms with E-state index in [4.69, 9.17) is 11.5 Å². The van der Waals surface area contributed by atoms with E-state index in [2.05, 4.69) is 25.9 Å². The Balaban J connectivity index is 2.12.